The van der Waals surface area contributed by atoms with Crippen molar-refractivity contribution < 1.29 is 28.8 Å². The van der Waals surface area contributed by atoms with E-state index in [1.807, 2.05) is 63.5 Å². The Morgan fingerprint density at radius 3 is 1.67 bits per heavy atom. The number of aryl methyl sites for hydroxylation is 1. The molecule has 0 spiro atoms. The van der Waals surface area contributed by atoms with Gasteiger partial charge in [0.05, 0.1) is 18.1 Å². The van der Waals surface area contributed by atoms with Gasteiger partial charge in [-0.15, -0.1) is 0 Å². The maximum absolute atomic E-state index is 14.6. The molecule has 5 rings (SSSR count). The molecular formula is C61H98N8O6. The number of likely N-dealkylation sites (N-methyl/N-ethyl adjacent to an activating group) is 2. The van der Waals surface area contributed by atoms with Crippen LogP contribution < -0.4 is 21.3 Å². The van der Waals surface area contributed by atoms with Crippen LogP contribution >= 0.6 is 0 Å². The smallest absolute Gasteiger partial charge is 0.246 e. The first kappa shape index (κ1) is 61.0. The fourth-order valence-electron chi connectivity index (χ4n) is 11.5. The molecule has 1 aromatic carbocycles. The molecule has 8 atom stereocenters. The minimum atomic E-state index is -0.701. The number of allylic oxidation sites excluding steroid dienone is 4. The molecule has 0 radical (unpaired) electrons. The highest BCUT2D eigenvalue weighted by Gasteiger charge is 2.43. The Bertz CT molecular complexity index is 2140. The second-order valence-corrected chi connectivity index (χ2v) is 24.3. The van der Waals surface area contributed by atoms with Crippen LogP contribution in [-0.4, -0.2) is 138 Å². The Kier molecular flexibility index (Phi) is 23.7. The van der Waals surface area contributed by atoms with Crippen LogP contribution in [0.25, 0.3) is 0 Å². The summed E-state index contributed by atoms with van der Waals surface area (Å²) in [5, 5.41) is 12.1. The van der Waals surface area contributed by atoms with Gasteiger partial charge in [0.15, 0.2) is 0 Å². The first-order valence-electron chi connectivity index (χ1n) is 28.9. The molecule has 0 unspecified atom stereocenters. The molecule has 2 saturated heterocycles. The summed E-state index contributed by atoms with van der Waals surface area (Å²) in [4.78, 5) is 92.1. The van der Waals surface area contributed by atoms with Crippen LogP contribution in [0.2, 0.25) is 0 Å². The number of likely N-dealkylation sites (tertiary alicyclic amines) is 2. The molecule has 2 fully saturated rings. The van der Waals surface area contributed by atoms with Crippen LogP contribution in [-0.2, 0) is 35.2 Å². The molecule has 4 N–H and O–H groups in total. The maximum Gasteiger partial charge on any atom is 0.246 e. The number of fused-ring (bicyclic) bond motifs is 1. The number of carbonyl (C=O) groups excluding carboxylic acids is 6. The summed E-state index contributed by atoms with van der Waals surface area (Å²) >= 11 is 0. The lowest BCUT2D eigenvalue weighted by Crippen LogP contribution is -2.59. The van der Waals surface area contributed by atoms with E-state index in [1.165, 1.54) is 11.1 Å². The van der Waals surface area contributed by atoms with E-state index in [9.17, 15) is 28.8 Å². The summed E-state index contributed by atoms with van der Waals surface area (Å²) in [6.45, 7) is 21.9. The third-order valence-corrected chi connectivity index (χ3v) is 16.4. The SMILES string of the molecule is C=C1/C=C\C=C/C[C@H](N(C[C@@H]2CCCN2C(=O)[C@@H](NC(=O)[C@H](C)NC)C(C)(C)C)C(=O)CCCCCCCCC(=O)N(C[C@@H]2CCCN2C(=O)[C@@H](NC(=O)[C@H](C)NC)C(C)(C)C)[C@@H]2CCCc3ccccc32)CCC1. The summed E-state index contributed by atoms with van der Waals surface area (Å²) in [5.74, 6) is -0.336. The molecule has 14 nitrogen and oxygen atoms in total. The number of nitrogens with zero attached hydrogens (tertiary/aromatic N) is 4. The predicted molar refractivity (Wildman–Crippen MR) is 301 cm³/mol. The van der Waals surface area contributed by atoms with Gasteiger partial charge in [-0.2, -0.15) is 0 Å². The van der Waals surface area contributed by atoms with Crippen LogP contribution in [0.1, 0.15) is 188 Å². The number of amides is 6. The first-order valence-corrected chi connectivity index (χ1v) is 28.9. The van der Waals surface area contributed by atoms with Crippen molar-refractivity contribution in [1.82, 2.24) is 40.9 Å². The summed E-state index contributed by atoms with van der Waals surface area (Å²) in [7, 11) is 3.47. The minimum absolute atomic E-state index is 0.00283. The number of carbonyl (C=O) groups is 6. The Morgan fingerprint density at radius 2 is 1.13 bits per heavy atom. The second kappa shape index (κ2) is 29.1. The van der Waals surface area contributed by atoms with E-state index in [1.54, 1.807) is 27.9 Å². The van der Waals surface area contributed by atoms with E-state index in [-0.39, 0.29) is 59.6 Å². The molecule has 4 aliphatic rings. The summed E-state index contributed by atoms with van der Waals surface area (Å²) in [6.07, 6.45) is 24.0. The minimum Gasteiger partial charge on any atom is -0.342 e. The molecule has 2 aliphatic heterocycles. The number of rotatable bonds is 23. The van der Waals surface area contributed by atoms with Crippen molar-refractivity contribution in [2.45, 2.75) is 226 Å². The third kappa shape index (κ3) is 17.6. The van der Waals surface area contributed by atoms with Crippen LogP contribution in [0, 0.1) is 10.8 Å². The summed E-state index contributed by atoms with van der Waals surface area (Å²) in [5.41, 5.74) is 2.56. The molecule has 0 bridgehead atoms. The molecule has 0 aromatic heterocycles. The van der Waals surface area contributed by atoms with Crippen LogP contribution in [0.15, 0.2) is 60.7 Å². The van der Waals surface area contributed by atoms with Crippen molar-refractivity contribution in [2.75, 3.05) is 40.3 Å². The molecule has 75 heavy (non-hydrogen) atoms. The first-order chi connectivity index (χ1) is 35.7. The molecule has 6 amide bonds. The zero-order valence-corrected chi connectivity index (χ0v) is 47.9. The highest BCUT2D eigenvalue weighted by atomic mass is 16.2. The van der Waals surface area contributed by atoms with E-state index >= 15 is 0 Å². The summed E-state index contributed by atoms with van der Waals surface area (Å²) in [6, 6.07) is 5.89. The molecule has 14 heteroatoms. The Balaban J connectivity index is 1.20. The Hall–Kier alpha value is -4.82. The van der Waals surface area contributed by atoms with Gasteiger partial charge in [-0.1, -0.05) is 128 Å². The lowest BCUT2D eigenvalue weighted by molar-refractivity contribution is -0.143. The number of benzene rings is 1. The zero-order chi connectivity index (χ0) is 54.9. The molecule has 2 aliphatic carbocycles. The quantitative estimate of drug-likeness (QED) is 0.0792. The standard InChI is InChI=1S/C61H98N8O6/c1-43-27-17-16-18-31-47(32-23-28-43)68(41-48-33-25-39-66(48)58(74)54(60(4,5)6)64-56(72)44(2)62-10)52(70)37-19-14-12-13-15-20-38-53(71)69(51-36-24-30-46-29-21-22-35-50(46)51)42-49-34-26-40-67(49)59(75)55(61(7,8)9)65-57(73)45(3)63-11/h16-18,21-22,27,29,35,44-45,47-49,51,54-55,62-63H,1,12-15,19-20,23-26,28,30-34,36-42H2,2-11H3,(H,64,72)(H,65,73)/b18-16-,27-17-/t44-,45-,47-,48-,49-,51+,54+,55+/m0/s1. The fraction of sp³-hybridized carbons (Fsp3) is 0.705. The van der Waals surface area contributed by atoms with Gasteiger partial charge in [0.25, 0.3) is 0 Å². The number of nitrogens with one attached hydrogen (secondary N) is 4. The monoisotopic (exact) mass is 1040 g/mol. The van der Waals surface area contributed by atoms with E-state index in [4.69, 9.17) is 0 Å². The predicted octanol–water partition coefficient (Wildman–Crippen LogP) is 8.71. The highest BCUT2D eigenvalue weighted by molar-refractivity contribution is 5.91. The number of hydrogen-bond acceptors (Lipinski definition) is 8. The van der Waals surface area contributed by atoms with Crippen molar-refractivity contribution in [3.05, 3.63) is 71.8 Å². The van der Waals surface area contributed by atoms with Gasteiger partial charge in [-0.3, -0.25) is 28.8 Å². The molecule has 2 heterocycles. The molecule has 0 saturated carbocycles. The van der Waals surface area contributed by atoms with E-state index < -0.39 is 35.0 Å². The average molecular weight is 1040 g/mol. The van der Waals surface area contributed by atoms with Crippen molar-refractivity contribution in [3.63, 3.8) is 0 Å². The third-order valence-electron chi connectivity index (χ3n) is 16.4. The van der Waals surface area contributed by atoms with Crippen molar-refractivity contribution in [3.8, 4) is 0 Å². The van der Waals surface area contributed by atoms with Crippen LogP contribution in [0.3, 0.4) is 0 Å². The Labute approximate surface area is 452 Å². The molecular weight excluding hydrogens is 941 g/mol. The maximum atomic E-state index is 14.6. The van der Waals surface area contributed by atoms with Gasteiger partial charge in [0.1, 0.15) is 12.1 Å². The Morgan fingerprint density at radius 1 is 0.640 bits per heavy atom. The lowest BCUT2D eigenvalue weighted by atomic mass is 9.85. The van der Waals surface area contributed by atoms with Gasteiger partial charge in [0, 0.05) is 57.1 Å². The average Bonchev–Trinajstić information content (AvgIpc) is 4.06. The van der Waals surface area contributed by atoms with E-state index in [0.29, 0.717) is 39.0 Å². The summed E-state index contributed by atoms with van der Waals surface area (Å²) < 4.78 is 0. The van der Waals surface area contributed by atoms with Crippen molar-refractivity contribution in [2.24, 2.45) is 10.8 Å². The van der Waals surface area contributed by atoms with Crippen LogP contribution in [0.5, 0.6) is 0 Å². The fourth-order valence-corrected chi connectivity index (χ4v) is 11.5. The van der Waals surface area contributed by atoms with E-state index in [2.05, 4.69) is 74.1 Å². The van der Waals surface area contributed by atoms with Gasteiger partial charge < -0.3 is 40.9 Å². The largest absolute Gasteiger partial charge is 0.342 e. The van der Waals surface area contributed by atoms with Gasteiger partial charge >= 0.3 is 0 Å². The topological polar surface area (TPSA) is 163 Å². The van der Waals surface area contributed by atoms with E-state index in [0.717, 1.165) is 115 Å². The van der Waals surface area contributed by atoms with Gasteiger partial charge in [0.2, 0.25) is 35.4 Å². The van der Waals surface area contributed by atoms with Gasteiger partial charge in [-0.05, 0) is 133 Å². The normalized spacial score (nSPS) is 22.8. The number of unbranched alkanes of at least 4 members (excludes halogenated alkanes) is 5. The zero-order valence-electron chi connectivity index (χ0n) is 47.9. The van der Waals surface area contributed by atoms with Crippen molar-refractivity contribution in [1.29, 1.82) is 0 Å². The van der Waals surface area contributed by atoms with Gasteiger partial charge in [-0.25, -0.2) is 0 Å². The highest BCUT2D eigenvalue weighted by Crippen LogP contribution is 2.37. The van der Waals surface area contributed by atoms with Crippen LogP contribution in [0.4, 0.5) is 0 Å². The van der Waals surface area contributed by atoms with Crippen molar-refractivity contribution >= 4 is 35.4 Å². The molecule has 1 aromatic rings. The second-order valence-electron chi connectivity index (χ2n) is 24.3. The number of hydrogen-bond donors (Lipinski definition) is 4. The lowest BCUT2D eigenvalue weighted by Gasteiger charge is -2.41. The molecule has 418 valence electrons.